The van der Waals surface area contributed by atoms with Crippen LogP contribution >= 0.6 is 0 Å². The largest absolute Gasteiger partial charge is 2.00 e. The van der Waals surface area contributed by atoms with Crippen molar-refractivity contribution in [3.63, 3.8) is 0 Å². The summed E-state index contributed by atoms with van der Waals surface area (Å²) in [5.41, 5.74) is -0.314. The molecule has 1 aliphatic carbocycles. The predicted molar refractivity (Wildman–Crippen MR) is 61.3 cm³/mol. The van der Waals surface area contributed by atoms with E-state index >= 15 is 0 Å². The second-order valence-corrected chi connectivity index (χ2v) is 4.91. The van der Waals surface area contributed by atoms with Crippen molar-refractivity contribution in [2.24, 2.45) is 5.41 Å². The number of allylic oxidation sites excluding steroid dienone is 1. The summed E-state index contributed by atoms with van der Waals surface area (Å²) in [6, 6.07) is 0. The van der Waals surface area contributed by atoms with E-state index in [2.05, 4.69) is 13.5 Å². The van der Waals surface area contributed by atoms with Crippen LogP contribution in [-0.2, 0) is 0 Å². The fourth-order valence-electron chi connectivity index (χ4n) is 2.24. The minimum Gasteiger partial charge on any atom is -0.852 e. The molecule has 0 amide bonds. The van der Waals surface area contributed by atoms with Crippen molar-refractivity contribution in [3.8, 4) is 0 Å². The van der Waals surface area contributed by atoms with Gasteiger partial charge in [-0.3, -0.25) is 0 Å². The molecule has 0 aromatic heterocycles. The molecule has 2 atom stereocenters. The Morgan fingerprint density at radius 3 is 2.67 bits per heavy atom. The van der Waals surface area contributed by atoms with E-state index in [4.69, 9.17) is 0 Å². The van der Waals surface area contributed by atoms with Crippen LogP contribution in [0.4, 0.5) is 0 Å². The fraction of sp³-hybridized carbons (Fsp3) is 0.750. The molecule has 15 heavy (non-hydrogen) atoms. The molecule has 1 fully saturated rings. The van der Waals surface area contributed by atoms with E-state index in [9.17, 15) is 10.2 Å². The van der Waals surface area contributed by atoms with Gasteiger partial charge in [-0.2, -0.15) is 0 Å². The molecule has 0 aliphatic heterocycles. The van der Waals surface area contributed by atoms with E-state index in [1.54, 1.807) is 6.92 Å². The Bertz CT molecular complexity index is 226. The fourth-order valence-corrected chi connectivity index (χ4v) is 2.24. The summed E-state index contributed by atoms with van der Waals surface area (Å²) in [5.74, 6) is 0. The number of hydrogen-bond acceptors (Lipinski definition) is 2. The molecule has 0 spiro atoms. The normalized spacial score (nSPS) is 30.5. The van der Waals surface area contributed by atoms with Gasteiger partial charge in [0.25, 0.3) is 0 Å². The third kappa shape index (κ3) is 4.06. The molecule has 2 nitrogen and oxygen atoms in total. The number of rotatable bonds is 3. The van der Waals surface area contributed by atoms with Crippen LogP contribution in [0.2, 0.25) is 0 Å². The van der Waals surface area contributed by atoms with Crippen LogP contribution in [0.15, 0.2) is 12.2 Å². The first-order valence-electron chi connectivity index (χ1n) is 5.24. The Morgan fingerprint density at radius 1 is 1.60 bits per heavy atom. The van der Waals surface area contributed by atoms with Gasteiger partial charge >= 0.3 is 23.1 Å². The summed E-state index contributed by atoms with van der Waals surface area (Å²) in [5, 5.41) is 20.5. The van der Waals surface area contributed by atoms with Crippen molar-refractivity contribution in [2.45, 2.75) is 44.6 Å². The molecule has 0 bridgehead atoms. The second kappa shape index (κ2) is 5.66. The van der Waals surface area contributed by atoms with Gasteiger partial charge in [0.2, 0.25) is 0 Å². The van der Waals surface area contributed by atoms with Crippen LogP contribution in [0.3, 0.4) is 0 Å². The smallest absolute Gasteiger partial charge is 0.852 e. The molecule has 1 N–H and O–H groups in total. The zero-order chi connectivity index (χ0) is 10.8. The quantitative estimate of drug-likeness (QED) is 0.439. The standard InChI is InChI=1S/C12H20O2.Mg/c1-10-6-4-5-7-11(10,2)8-12(3,14)9-13;/h14H,1-2,4-9H2,3H3;/q-2;+2/t11?,12-;/m0./s1. The SMILES string of the molecule is C=C1CCCCC1([CH2-])C[C@](C)(O)C[O-].[Mg+2]. The van der Waals surface area contributed by atoms with Crippen molar-refractivity contribution in [2.75, 3.05) is 6.61 Å². The first-order chi connectivity index (χ1) is 6.40. The third-order valence-corrected chi connectivity index (χ3v) is 3.16. The molecule has 1 unspecified atom stereocenters. The van der Waals surface area contributed by atoms with Crippen molar-refractivity contribution in [1.29, 1.82) is 0 Å². The summed E-state index contributed by atoms with van der Waals surface area (Å²) >= 11 is 0. The molecular weight excluding hydrogens is 200 g/mol. The molecule has 0 aromatic carbocycles. The zero-order valence-corrected chi connectivity index (χ0v) is 11.1. The molecule has 1 saturated carbocycles. The molecule has 3 heteroatoms. The van der Waals surface area contributed by atoms with E-state index in [0.29, 0.717) is 6.42 Å². The average molecular weight is 221 g/mol. The van der Waals surface area contributed by atoms with Crippen molar-refractivity contribution >= 4 is 23.1 Å². The van der Waals surface area contributed by atoms with E-state index < -0.39 is 12.2 Å². The molecule has 0 radical (unpaired) electrons. The molecule has 82 valence electrons. The maximum absolute atomic E-state index is 10.8. The van der Waals surface area contributed by atoms with Crippen LogP contribution in [0.1, 0.15) is 39.0 Å². The monoisotopic (exact) mass is 220 g/mol. The zero-order valence-electron chi connectivity index (χ0n) is 9.72. The second-order valence-electron chi connectivity index (χ2n) is 4.91. The van der Waals surface area contributed by atoms with Crippen LogP contribution in [-0.4, -0.2) is 40.4 Å². The summed E-state index contributed by atoms with van der Waals surface area (Å²) in [6.07, 6.45) is 4.66. The summed E-state index contributed by atoms with van der Waals surface area (Å²) < 4.78 is 0. The Morgan fingerprint density at radius 2 is 2.20 bits per heavy atom. The molecule has 1 aliphatic rings. The van der Waals surface area contributed by atoms with Gasteiger partial charge in [-0.25, -0.2) is 0 Å². The summed E-state index contributed by atoms with van der Waals surface area (Å²) in [4.78, 5) is 0. The van der Waals surface area contributed by atoms with Gasteiger partial charge < -0.3 is 17.1 Å². The Kier molecular flexibility index (Phi) is 5.83. The summed E-state index contributed by atoms with van der Waals surface area (Å²) in [7, 11) is 0. The summed E-state index contributed by atoms with van der Waals surface area (Å²) in [6.45, 7) is 9.29. The molecule has 1 rings (SSSR count). The first kappa shape index (κ1) is 15.4. The number of aliphatic hydroxyl groups is 1. The Balaban J connectivity index is 0.00000196. The number of hydrogen-bond donors (Lipinski definition) is 1. The van der Waals surface area contributed by atoms with Gasteiger partial charge in [0.15, 0.2) is 0 Å². The molecule has 0 aromatic rings. The van der Waals surface area contributed by atoms with Crippen LogP contribution in [0.25, 0.3) is 0 Å². The molecule has 0 heterocycles. The Hall–Kier alpha value is 0.426. The van der Waals surface area contributed by atoms with Crippen LogP contribution in [0.5, 0.6) is 0 Å². The van der Waals surface area contributed by atoms with Crippen LogP contribution < -0.4 is 5.11 Å². The van der Waals surface area contributed by atoms with Crippen molar-refractivity contribution < 1.29 is 10.2 Å². The third-order valence-electron chi connectivity index (χ3n) is 3.16. The predicted octanol–water partition coefficient (Wildman–Crippen LogP) is 1.06. The maximum Gasteiger partial charge on any atom is 2.00 e. The Labute approximate surface area is 109 Å². The van der Waals surface area contributed by atoms with Gasteiger partial charge in [-0.05, 0) is 26.2 Å². The van der Waals surface area contributed by atoms with Crippen molar-refractivity contribution in [1.82, 2.24) is 0 Å². The van der Waals surface area contributed by atoms with E-state index in [1.807, 2.05) is 0 Å². The van der Waals surface area contributed by atoms with Crippen LogP contribution in [0, 0.1) is 12.3 Å². The average Bonchev–Trinajstić information content (AvgIpc) is 2.10. The minimum absolute atomic E-state index is 0. The van der Waals surface area contributed by atoms with Gasteiger partial charge in [0.1, 0.15) is 0 Å². The van der Waals surface area contributed by atoms with E-state index in [0.717, 1.165) is 31.3 Å². The van der Waals surface area contributed by atoms with Gasteiger partial charge in [0, 0.05) is 5.60 Å². The molecular formula is C12H20MgO2. The van der Waals surface area contributed by atoms with E-state index in [-0.39, 0.29) is 28.5 Å². The van der Waals surface area contributed by atoms with Gasteiger partial charge in [0.05, 0.1) is 0 Å². The first-order valence-corrected chi connectivity index (χ1v) is 5.24. The van der Waals surface area contributed by atoms with Gasteiger partial charge in [-0.15, -0.1) is 24.2 Å². The van der Waals surface area contributed by atoms with E-state index in [1.165, 1.54) is 0 Å². The maximum atomic E-state index is 10.8. The minimum atomic E-state index is -1.14. The van der Waals surface area contributed by atoms with Crippen molar-refractivity contribution in [3.05, 3.63) is 19.1 Å². The molecule has 0 saturated heterocycles. The topological polar surface area (TPSA) is 43.3 Å². The van der Waals surface area contributed by atoms with Gasteiger partial charge in [-0.1, -0.05) is 12.8 Å².